The molecule has 0 saturated carbocycles. The summed E-state index contributed by atoms with van der Waals surface area (Å²) in [7, 11) is 1.26. The largest absolute Gasteiger partial charge is 0.467 e. The van der Waals surface area contributed by atoms with Crippen molar-refractivity contribution in [3.8, 4) is 5.69 Å². The quantitative estimate of drug-likeness (QED) is 0.669. The Labute approximate surface area is 141 Å². The van der Waals surface area contributed by atoms with Crippen LogP contribution in [0.1, 0.15) is 18.5 Å². The lowest BCUT2D eigenvalue weighted by Gasteiger charge is -2.11. The molecular formula is C15H14ClN5O3. The van der Waals surface area contributed by atoms with Gasteiger partial charge in [-0.1, -0.05) is 22.9 Å². The molecule has 2 heterocycles. The second kappa shape index (κ2) is 6.04. The van der Waals surface area contributed by atoms with E-state index in [4.69, 9.17) is 11.6 Å². The fraction of sp³-hybridized carbons (Fsp3) is 0.267. The van der Waals surface area contributed by atoms with Gasteiger partial charge in [0.2, 0.25) is 0 Å². The minimum atomic E-state index is -0.807. The van der Waals surface area contributed by atoms with Crippen LogP contribution in [0.2, 0.25) is 5.02 Å². The highest BCUT2D eigenvalue weighted by molar-refractivity contribution is 6.31. The molecule has 0 aliphatic carbocycles. The van der Waals surface area contributed by atoms with E-state index in [1.807, 2.05) is 13.0 Å². The molecule has 1 atom stereocenters. The lowest BCUT2D eigenvalue weighted by molar-refractivity contribution is -0.144. The number of methoxy groups -OCH3 is 1. The predicted octanol–water partition coefficient (Wildman–Crippen LogP) is 1.67. The third-order valence-electron chi connectivity index (χ3n) is 3.75. The van der Waals surface area contributed by atoms with Crippen molar-refractivity contribution in [1.29, 1.82) is 0 Å². The number of rotatable bonds is 3. The van der Waals surface area contributed by atoms with E-state index < -0.39 is 17.6 Å². The average Bonchev–Trinajstić information content (AvgIpc) is 3.01. The molecule has 2 aromatic heterocycles. The number of carbonyl (C=O) groups excluding carboxylic acids is 1. The summed E-state index contributed by atoms with van der Waals surface area (Å²) < 4.78 is 7.24. The third-order valence-corrected chi connectivity index (χ3v) is 4.15. The Morgan fingerprint density at radius 1 is 1.38 bits per heavy atom. The first-order valence-electron chi connectivity index (χ1n) is 7.11. The van der Waals surface area contributed by atoms with Crippen LogP contribution in [0.15, 0.2) is 29.3 Å². The van der Waals surface area contributed by atoms with E-state index in [9.17, 15) is 9.59 Å². The first-order valence-corrected chi connectivity index (χ1v) is 7.48. The van der Waals surface area contributed by atoms with Gasteiger partial charge in [0.05, 0.1) is 12.8 Å². The van der Waals surface area contributed by atoms with Crippen molar-refractivity contribution in [3.63, 3.8) is 0 Å². The van der Waals surface area contributed by atoms with E-state index in [-0.39, 0.29) is 11.2 Å². The van der Waals surface area contributed by atoms with E-state index >= 15 is 0 Å². The minimum Gasteiger partial charge on any atom is -0.467 e. The summed E-state index contributed by atoms with van der Waals surface area (Å²) in [5.41, 5.74) is 1.44. The molecule has 0 saturated heterocycles. The standard InChI is InChI=1S/C15H14ClN5O3/c1-8-4-5-10(6-11(8)16)21-13-12(18-19-21)14(22)20(7-17-13)9(2)15(23)24-3/h4-7,9H,1-3H3/t9-/m1/s1. The highest BCUT2D eigenvalue weighted by atomic mass is 35.5. The van der Waals surface area contributed by atoms with Gasteiger partial charge in [-0.25, -0.2) is 9.78 Å². The van der Waals surface area contributed by atoms with Gasteiger partial charge in [0.25, 0.3) is 5.56 Å². The molecule has 24 heavy (non-hydrogen) atoms. The lowest BCUT2D eigenvalue weighted by Crippen LogP contribution is -2.29. The maximum Gasteiger partial charge on any atom is 0.328 e. The van der Waals surface area contributed by atoms with E-state index in [2.05, 4.69) is 20.0 Å². The SMILES string of the molecule is COC(=O)[C@@H](C)n1cnc2c(nnn2-c2ccc(C)c(Cl)c2)c1=O. The van der Waals surface area contributed by atoms with Crippen molar-refractivity contribution in [2.75, 3.05) is 7.11 Å². The molecule has 0 aliphatic rings. The molecule has 0 aliphatic heterocycles. The maximum atomic E-state index is 12.5. The van der Waals surface area contributed by atoms with Crippen LogP contribution in [-0.4, -0.2) is 37.6 Å². The molecule has 124 valence electrons. The molecular weight excluding hydrogens is 334 g/mol. The molecule has 3 aromatic rings. The Kier molecular flexibility index (Phi) is 4.06. The second-order valence-corrected chi connectivity index (χ2v) is 5.67. The van der Waals surface area contributed by atoms with E-state index in [0.29, 0.717) is 10.7 Å². The number of halogens is 1. The van der Waals surface area contributed by atoms with Crippen LogP contribution in [0.25, 0.3) is 16.9 Å². The zero-order valence-electron chi connectivity index (χ0n) is 13.2. The summed E-state index contributed by atoms with van der Waals surface area (Å²) in [5.74, 6) is -0.545. The average molecular weight is 348 g/mol. The highest BCUT2D eigenvalue weighted by Crippen LogP contribution is 2.20. The van der Waals surface area contributed by atoms with Crippen molar-refractivity contribution >= 4 is 28.7 Å². The van der Waals surface area contributed by atoms with Gasteiger partial charge in [-0.15, -0.1) is 5.10 Å². The van der Waals surface area contributed by atoms with Crippen LogP contribution in [0.4, 0.5) is 0 Å². The molecule has 0 spiro atoms. The number of hydrogen-bond donors (Lipinski definition) is 0. The molecule has 0 fully saturated rings. The molecule has 3 rings (SSSR count). The van der Waals surface area contributed by atoms with Gasteiger partial charge in [-0.2, -0.15) is 4.68 Å². The van der Waals surface area contributed by atoms with Crippen LogP contribution < -0.4 is 5.56 Å². The summed E-state index contributed by atoms with van der Waals surface area (Å²) >= 11 is 6.13. The first-order chi connectivity index (χ1) is 11.4. The maximum absolute atomic E-state index is 12.5. The van der Waals surface area contributed by atoms with Gasteiger partial charge < -0.3 is 4.74 Å². The van der Waals surface area contributed by atoms with Crippen molar-refractivity contribution in [3.05, 3.63) is 45.5 Å². The number of aromatic nitrogens is 5. The van der Waals surface area contributed by atoms with Gasteiger partial charge in [-0.05, 0) is 31.5 Å². The molecule has 0 bridgehead atoms. The second-order valence-electron chi connectivity index (χ2n) is 5.26. The number of nitrogens with zero attached hydrogens (tertiary/aromatic N) is 5. The summed E-state index contributed by atoms with van der Waals surface area (Å²) in [5, 5.41) is 8.45. The van der Waals surface area contributed by atoms with Gasteiger partial charge in [0.15, 0.2) is 11.2 Å². The summed E-state index contributed by atoms with van der Waals surface area (Å²) in [6, 6.07) is 4.55. The number of aryl methyl sites for hydroxylation is 1. The van der Waals surface area contributed by atoms with E-state index in [1.54, 1.807) is 19.1 Å². The number of esters is 1. The fourth-order valence-electron chi connectivity index (χ4n) is 2.27. The lowest BCUT2D eigenvalue weighted by atomic mass is 10.2. The number of carbonyl (C=O) groups is 1. The Balaban J connectivity index is 2.15. The molecule has 1 aromatic carbocycles. The molecule has 0 radical (unpaired) electrons. The number of ether oxygens (including phenoxy) is 1. The Bertz CT molecular complexity index is 994. The van der Waals surface area contributed by atoms with Crippen molar-refractivity contribution in [1.82, 2.24) is 24.5 Å². The van der Waals surface area contributed by atoms with Crippen LogP contribution in [-0.2, 0) is 9.53 Å². The zero-order valence-corrected chi connectivity index (χ0v) is 14.0. The van der Waals surface area contributed by atoms with Crippen LogP contribution in [0, 0.1) is 6.92 Å². The Hall–Kier alpha value is -2.74. The third kappa shape index (κ3) is 2.54. The van der Waals surface area contributed by atoms with Gasteiger partial charge in [-0.3, -0.25) is 9.36 Å². The Morgan fingerprint density at radius 3 is 2.79 bits per heavy atom. The monoisotopic (exact) mass is 347 g/mol. The summed E-state index contributed by atoms with van der Waals surface area (Å²) in [4.78, 5) is 28.4. The Morgan fingerprint density at radius 2 is 2.12 bits per heavy atom. The molecule has 0 amide bonds. The van der Waals surface area contributed by atoms with Gasteiger partial charge >= 0.3 is 5.97 Å². The number of fused-ring (bicyclic) bond motifs is 1. The highest BCUT2D eigenvalue weighted by Gasteiger charge is 2.20. The molecule has 9 heteroatoms. The topological polar surface area (TPSA) is 91.9 Å². The number of benzene rings is 1. The number of hydrogen-bond acceptors (Lipinski definition) is 6. The summed E-state index contributed by atoms with van der Waals surface area (Å²) in [6.07, 6.45) is 1.28. The molecule has 0 N–H and O–H groups in total. The fourth-order valence-corrected chi connectivity index (χ4v) is 2.44. The van der Waals surface area contributed by atoms with Gasteiger partial charge in [0.1, 0.15) is 12.4 Å². The van der Waals surface area contributed by atoms with Crippen LogP contribution in [0.5, 0.6) is 0 Å². The van der Waals surface area contributed by atoms with E-state index in [0.717, 1.165) is 10.1 Å². The normalized spacial score (nSPS) is 12.3. The van der Waals surface area contributed by atoms with Crippen molar-refractivity contribution in [2.24, 2.45) is 0 Å². The van der Waals surface area contributed by atoms with Crippen molar-refractivity contribution < 1.29 is 9.53 Å². The molecule has 8 nitrogen and oxygen atoms in total. The summed E-state index contributed by atoms with van der Waals surface area (Å²) in [6.45, 7) is 3.43. The first kappa shape index (κ1) is 16.1. The van der Waals surface area contributed by atoms with Gasteiger partial charge in [0, 0.05) is 5.02 Å². The minimum absolute atomic E-state index is 0.0601. The predicted molar refractivity (Wildman–Crippen MR) is 87.4 cm³/mol. The van der Waals surface area contributed by atoms with Crippen LogP contribution >= 0.6 is 11.6 Å². The smallest absolute Gasteiger partial charge is 0.328 e. The van der Waals surface area contributed by atoms with E-state index in [1.165, 1.54) is 18.1 Å². The molecule has 0 unspecified atom stereocenters. The van der Waals surface area contributed by atoms with Crippen LogP contribution in [0.3, 0.4) is 0 Å². The zero-order chi connectivity index (χ0) is 17.4. The van der Waals surface area contributed by atoms with Crippen molar-refractivity contribution in [2.45, 2.75) is 19.9 Å².